The first-order valence-corrected chi connectivity index (χ1v) is 17.4. The van der Waals surface area contributed by atoms with E-state index in [1.54, 1.807) is 18.2 Å². The summed E-state index contributed by atoms with van der Waals surface area (Å²) in [5.41, 5.74) is 1.35. The minimum absolute atomic E-state index is 0.00606. The standard InChI is InChI=1S/C40H44O15/c1-22(2)12-11-13-23(3)18-19-47-33-30-17-16-29(20-31(30)53-39(46)36(33)55-38(45)28-14-9-8-10-15-28)52-40-37(51-27(7)44)35(50-26(6)43)34(49-25(5)42)32(54-40)21-48-24(4)41/h8-10,12,14-18,20,32,34-35,37,40H,11,13,19,21H2,1-7H3/t32-,34-,35+,37-,40-/m1/s1. The molecule has 15 nitrogen and oxygen atoms in total. The topological polar surface area (TPSA) is 189 Å². The number of benzene rings is 2. The lowest BCUT2D eigenvalue weighted by Gasteiger charge is -2.43. The Balaban J connectivity index is 1.74. The predicted molar refractivity (Wildman–Crippen MR) is 194 cm³/mol. The molecule has 55 heavy (non-hydrogen) atoms. The van der Waals surface area contributed by atoms with Crippen molar-refractivity contribution in [1.82, 2.24) is 0 Å². The van der Waals surface area contributed by atoms with Gasteiger partial charge in [0.2, 0.25) is 12.4 Å². The van der Waals surface area contributed by atoms with Gasteiger partial charge in [-0.1, -0.05) is 35.4 Å². The van der Waals surface area contributed by atoms with Crippen LogP contribution in [0.25, 0.3) is 11.0 Å². The molecule has 3 aromatic rings. The van der Waals surface area contributed by atoms with Crippen molar-refractivity contribution in [2.45, 2.75) is 92.0 Å². The van der Waals surface area contributed by atoms with Gasteiger partial charge in [-0.2, -0.15) is 0 Å². The van der Waals surface area contributed by atoms with E-state index in [4.69, 9.17) is 42.3 Å². The van der Waals surface area contributed by atoms with Crippen molar-refractivity contribution in [2.24, 2.45) is 0 Å². The Morgan fingerprint density at radius 1 is 0.745 bits per heavy atom. The van der Waals surface area contributed by atoms with Gasteiger partial charge in [-0.25, -0.2) is 9.59 Å². The van der Waals surface area contributed by atoms with E-state index < -0.39 is 78.5 Å². The molecule has 0 saturated carbocycles. The number of carbonyl (C=O) groups is 5. The molecule has 0 amide bonds. The number of ether oxygens (including phenoxy) is 8. The Labute approximate surface area is 317 Å². The Morgan fingerprint density at radius 3 is 2.04 bits per heavy atom. The molecule has 0 radical (unpaired) electrons. The molecule has 1 aromatic heterocycles. The number of allylic oxidation sites excluding steroid dienone is 3. The molecule has 0 aliphatic carbocycles. The highest BCUT2D eigenvalue weighted by Gasteiger charge is 2.53. The van der Waals surface area contributed by atoms with E-state index in [-0.39, 0.29) is 34.6 Å². The number of esters is 5. The summed E-state index contributed by atoms with van der Waals surface area (Å²) in [4.78, 5) is 74.8. The lowest BCUT2D eigenvalue weighted by atomic mass is 9.98. The van der Waals surface area contributed by atoms with E-state index in [1.807, 2.05) is 26.8 Å². The van der Waals surface area contributed by atoms with Crippen molar-refractivity contribution < 1.29 is 66.3 Å². The molecule has 15 heteroatoms. The van der Waals surface area contributed by atoms with E-state index in [9.17, 15) is 28.8 Å². The van der Waals surface area contributed by atoms with Crippen molar-refractivity contribution in [2.75, 3.05) is 13.2 Å². The van der Waals surface area contributed by atoms with Crippen LogP contribution in [-0.4, -0.2) is 73.8 Å². The Hall–Kier alpha value is -5.96. The van der Waals surface area contributed by atoms with E-state index in [0.717, 1.165) is 46.1 Å². The monoisotopic (exact) mass is 764 g/mol. The third-order valence-corrected chi connectivity index (χ3v) is 7.95. The highest BCUT2D eigenvalue weighted by atomic mass is 16.7. The fourth-order valence-electron chi connectivity index (χ4n) is 5.54. The summed E-state index contributed by atoms with van der Waals surface area (Å²) >= 11 is 0. The van der Waals surface area contributed by atoms with E-state index in [1.165, 1.54) is 35.9 Å². The second kappa shape index (κ2) is 19.4. The molecule has 0 spiro atoms. The quantitative estimate of drug-likeness (QED) is 0.0810. The third kappa shape index (κ3) is 12.0. The van der Waals surface area contributed by atoms with Gasteiger partial charge in [0.1, 0.15) is 30.7 Å². The molecule has 1 fully saturated rings. The fraction of sp³-hybridized carbons (Fsp3) is 0.400. The highest BCUT2D eigenvalue weighted by molar-refractivity contribution is 5.93. The first kappa shape index (κ1) is 41.8. The summed E-state index contributed by atoms with van der Waals surface area (Å²) in [6, 6.07) is 12.3. The summed E-state index contributed by atoms with van der Waals surface area (Å²) in [6.07, 6.45) is -1.58. The second-order valence-corrected chi connectivity index (χ2v) is 12.8. The summed E-state index contributed by atoms with van der Waals surface area (Å²) in [5, 5.41) is 0.236. The molecule has 5 atom stereocenters. The molecule has 294 valence electrons. The zero-order valence-electron chi connectivity index (χ0n) is 31.6. The average molecular weight is 765 g/mol. The molecular weight excluding hydrogens is 720 g/mol. The molecule has 0 bridgehead atoms. The van der Waals surface area contributed by atoms with Crippen LogP contribution in [0, 0.1) is 0 Å². The molecule has 1 aliphatic rings. The summed E-state index contributed by atoms with van der Waals surface area (Å²) in [6.45, 7) is 10.0. The van der Waals surface area contributed by atoms with E-state index in [2.05, 4.69) is 6.08 Å². The van der Waals surface area contributed by atoms with Gasteiger partial charge >= 0.3 is 35.5 Å². The zero-order valence-corrected chi connectivity index (χ0v) is 31.6. The number of hydrogen-bond acceptors (Lipinski definition) is 15. The van der Waals surface area contributed by atoms with Crippen LogP contribution in [0.15, 0.2) is 81.0 Å². The SMILES string of the molecule is CC(=O)OC[C@H]1O[C@@H](Oc2ccc3c(OCC=C(C)CCC=C(C)C)c(OC(=O)c4ccccc4)c(=O)oc3c2)[C@H](OC(C)=O)[C@@H](OC(C)=O)[C@@H]1OC(C)=O. The molecule has 2 heterocycles. The zero-order chi connectivity index (χ0) is 40.2. The smallest absolute Gasteiger partial charge is 0.383 e. The van der Waals surface area contributed by atoms with Crippen molar-refractivity contribution in [3.63, 3.8) is 0 Å². The van der Waals surface area contributed by atoms with Gasteiger partial charge in [0.15, 0.2) is 18.0 Å². The van der Waals surface area contributed by atoms with Crippen LogP contribution in [-0.2, 0) is 42.9 Å². The van der Waals surface area contributed by atoms with Gasteiger partial charge in [0.25, 0.3) is 5.75 Å². The second-order valence-electron chi connectivity index (χ2n) is 12.8. The molecule has 1 aliphatic heterocycles. The summed E-state index contributed by atoms with van der Waals surface area (Å²) in [7, 11) is 0. The van der Waals surface area contributed by atoms with Crippen LogP contribution in [0.5, 0.6) is 17.2 Å². The molecular formula is C40H44O15. The number of carbonyl (C=O) groups excluding carboxylic acids is 5. The van der Waals surface area contributed by atoms with Crippen molar-refractivity contribution >= 4 is 40.8 Å². The largest absolute Gasteiger partial charge is 0.485 e. The molecule has 1 saturated heterocycles. The first-order valence-electron chi connectivity index (χ1n) is 17.4. The predicted octanol–water partition coefficient (Wildman–Crippen LogP) is 5.55. The fourth-order valence-corrected chi connectivity index (χ4v) is 5.54. The van der Waals surface area contributed by atoms with Crippen LogP contribution in [0.1, 0.15) is 71.7 Å². The van der Waals surface area contributed by atoms with Crippen LogP contribution >= 0.6 is 0 Å². The minimum atomic E-state index is -1.55. The van der Waals surface area contributed by atoms with Gasteiger partial charge < -0.3 is 42.3 Å². The van der Waals surface area contributed by atoms with Crippen LogP contribution < -0.4 is 19.8 Å². The Bertz CT molecular complexity index is 1990. The van der Waals surface area contributed by atoms with Gasteiger partial charge in [0.05, 0.1) is 10.9 Å². The lowest BCUT2D eigenvalue weighted by molar-refractivity contribution is -0.288. The molecule has 4 rings (SSSR count). The number of fused-ring (bicyclic) bond motifs is 1. The normalized spacial score (nSPS) is 19.4. The van der Waals surface area contributed by atoms with Crippen molar-refractivity contribution in [1.29, 1.82) is 0 Å². The van der Waals surface area contributed by atoms with Gasteiger partial charge in [0, 0.05) is 33.8 Å². The maximum atomic E-state index is 13.4. The average Bonchev–Trinajstić information content (AvgIpc) is 3.10. The van der Waals surface area contributed by atoms with Gasteiger partial charge in [-0.15, -0.1) is 0 Å². The molecule has 2 aromatic carbocycles. The number of hydrogen-bond donors (Lipinski definition) is 0. The maximum absolute atomic E-state index is 13.4. The summed E-state index contributed by atoms with van der Waals surface area (Å²) in [5.74, 6) is -4.43. The van der Waals surface area contributed by atoms with Gasteiger partial charge in [-0.3, -0.25) is 19.2 Å². The van der Waals surface area contributed by atoms with Crippen LogP contribution in [0.2, 0.25) is 0 Å². The van der Waals surface area contributed by atoms with Crippen LogP contribution in [0.3, 0.4) is 0 Å². The van der Waals surface area contributed by atoms with Crippen molar-refractivity contribution in [3.05, 3.63) is 87.8 Å². The third-order valence-electron chi connectivity index (χ3n) is 7.95. The van der Waals surface area contributed by atoms with Crippen LogP contribution in [0.4, 0.5) is 0 Å². The van der Waals surface area contributed by atoms with Gasteiger partial charge in [-0.05, 0) is 64.0 Å². The minimum Gasteiger partial charge on any atom is -0.485 e. The summed E-state index contributed by atoms with van der Waals surface area (Å²) < 4.78 is 50.8. The van der Waals surface area contributed by atoms with Crippen molar-refractivity contribution in [3.8, 4) is 17.2 Å². The number of rotatable bonds is 15. The Morgan fingerprint density at radius 2 is 1.40 bits per heavy atom. The highest BCUT2D eigenvalue weighted by Crippen LogP contribution is 2.37. The molecule has 0 unspecified atom stereocenters. The van der Waals surface area contributed by atoms with E-state index in [0.29, 0.717) is 0 Å². The van der Waals surface area contributed by atoms with E-state index >= 15 is 0 Å². The molecule has 0 N–H and O–H groups in total. The lowest BCUT2D eigenvalue weighted by Crippen LogP contribution is -2.63. The maximum Gasteiger partial charge on any atom is 0.383 e. The Kier molecular flexibility index (Phi) is 14.7. The first-order chi connectivity index (χ1) is 26.1.